The van der Waals surface area contributed by atoms with E-state index in [1.807, 2.05) is 65.6 Å². The van der Waals surface area contributed by atoms with Crippen LogP contribution in [0.4, 0.5) is 5.69 Å². The van der Waals surface area contributed by atoms with Crippen molar-refractivity contribution in [2.24, 2.45) is 11.8 Å². The van der Waals surface area contributed by atoms with E-state index in [-0.39, 0.29) is 36.0 Å². The minimum absolute atomic E-state index is 0.00488. The number of amides is 3. The molecule has 2 saturated heterocycles. The van der Waals surface area contributed by atoms with Crippen LogP contribution in [0.15, 0.2) is 60.7 Å². The van der Waals surface area contributed by atoms with Gasteiger partial charge < -0.3 is 15.1 Å². The molecular weight excluding hydrogens is 378 g/mol. The molecular formula is C24H27N3O3. The van der Waals surface area contributed by atoms with Gasteiger partial charge in [-0.05, 0) is 30.5 Å². The molecule has 2 aromatic rings. The second-order valence-corrected chi connectivity index (χ2v) is 8.04. The SMILES string of the molecule is O=C(NCc1ccccc1)C1CCN(C(=O)[C@H]2CC(=O)N(c3ccccc3)C2)CC1. The number of carbonyl (C=O) groups excluding carboxylic acids is 3. The molecule has 2 heterocycles. The largest absolute Gasteiger partial charge is 0.352 e. The highest BCUT2D eigenvalue weighted by molar-refractivity contribution is 6.00. The fraction of sp³-hybridized carbons (Fsp3) is 0.375. The summed E-state index contributed by atoms with van der Waals surface area (Å²) in [6.07, 6.45) is 1.58. The molecule has 0 bridgehead atoms. The summed E-state index contributed by atoms with van der Waals surface area (Å²) in [4.78, 5) is 41.4. The first-order valence-corrected chi connectivity index (χ1v) is 10.6. The minimum atomic E-state index is -0.304. The van der Waals surface area contributed by atoms with Crippen molar-refractivity contribution in [3.63, 3.8) is 0 Å². The molecule has 30 heavy (non-hydrogen) atoms. The quantitative estimate of drug-likeness (QED) is 0.831. The van der Waals surface area contributed by atoms with Gasteiger partial charge in [0, 0.05) is 44.2 Å². The van der Waals surface area contributed by atoms with E-state index < -0.39 is 0 Å². The number of hydrogen-bond acceptors (Lipinski definition) is 3. The number of rotatable bonds is 5. The predicted molar refractivity (Wildman–Crippen MR) is 114 cm³/mol. The Kier molecular flexibility index (Phi) is 6.12. The van der Waals surface area contributed by atoms with E-state index in [1.165, 1.54) is 0 Å². The zero-order chi connectivity index (χ0) is 20.9. The van der Waals surface area contributed by atoms with Crippen LogP contribution in [-0.4, -0.2) is 42.3 Å². The maximum Gasteiger partial charge on any atom is 0.228 e. The Hall–Kier alpha value is -3.15. The Labute approximate surface area is 176 Å². The fourth-order valence-corrected chi connectivity index (χ4v) is 4.28. The third-order valence-electron chi connectivity index (χ3n) is 6.03. The number of benzene rings is 2. The van der Waals surface area contributed by atoms with E-state index in [4.69, 9.17) is 0 Å². The summed E-state index contributed by atoms with van der Waals surface area (Å²) in [5.74, 6) is -0.290. The topological polar surface area (TPSA) is 69.7 Å². The number of para-hydroxylation sites is 1. The number of nitrogens with zero attached hydrogens (tertiary/aromatic N) is 2. The highest BCUT2D eigenvalue weighted by Crippen LogP contribution is 2.27. The molecule has 0 aromatic heterocycles. The lowest BCUT2D eigenvalue weighted by Gasteiger charge is -2.33. The van der Waals surface area contributed by atoms with Crippen LogP contribution in [0.2, 0.25) is 0 Å². The molecule has 156 valence electrons. The average Bonchev–Trinajstić information content (AvgIpc) is 3.20. The van der Waals surface area contributed by atoms with Crippen molar-refractivity contribution in [1.82, 2.24) is 10.2 Å². The van der Waals surface area contributed by atoms with Crippen molar-refractivity contribution in [3.05, 3.63) is 66.2 Å². The number of piperidine rings is 1. The van der Waals surface area contributed by atoms with Crippen molar-refractivity contribution in [3.8, 4) is 0 Å². The Morgan fingerprint density at radius 2 is 1.53 bits per heavy atom. The van der Waals surface area contributed by atoms with Gasteiger partial charge in [-0.15, -0.1) is 0 Å². The molecule has 6 nitrogen and oxygen atoms in total. The second kappa shape index (κ2) is 9.11. The predicted octanol–water partition coefficient (Wildman–Crippen LogP) is 2.59. The van der Waals surface area contributed by atoms with Crippen LogP contribution in [0.3, 0.4) is 0 Å². The average molecular weight is 405 g/mol. The van der Waals surface area contributed by atoms with Gasteiger partial charge in [-0.3, -0.25) is 14.4 Å². The molecule has 1 N–H and O–H groups in total. The van der Waals surface area contributed by atoms with Crippen LogP contribution in [-0.2, 0) is 20.9 Å². The number of carbonyl (C=O) groups is 3. The van der Waals surface area contributed by atoms with Gasteiger partial charge in [0.1, 0.15) is 0 Å². The Morgan fingerprint density at radius 1 is 0.900 bits per heavy atom. The summed E-state index contributed by atoms with van der Waals surface area (Å²) in [5, 5.41) is 3.00. The Morgan fingerprint density at radius 3 is 2.20 bits per heavy atom. The van der Waals surface area contributed by atoms with Crippen molar-refractivity contribution in [2.75, 3.05) is 24.5 Å². The Balaban J connectivity index is 1.26. The molecule has 2 aliphatic rings. The molecule has 2 aromatic carbocycles. The van der Waals surface area contributed by atoms with Gasteiger partial charge in [0.05, 0.1) is 5.92 Å². The maximum atomic E-state index is 13.0. The van der Waals surface area contributed by atoms with Crippen LogP contribution in [0.25, 0.3) is 0 Å². The first kappa shape index (κ1) is 20.1. The third-order valence-corrected chi connectivity index (χ3v) is 6.03. The van der Waals surface area contributed by atoms with Gasteiger partial charge >= 0.3 is 0 Å². The third kappa shape index (κ3) is 4.53. The molecule has 0 spiro atoms. The van der Waals surface area contributed by atoms with Crippen molar-refractivity contribution in [1.29, 1.82) is 0 Å². The zero-order valence-electron chi connectivity index (χ0n) is 17.0. The normalized spacial score (nSPS) is 19.7. The monoisotopic (exact) mass is 405 g/mol. The highest BCUT2D eigenvalue weighted by Gasteiger charge is 2.38. The standard InChI is InChI=1S/C24H27N3O3/c28-22-15-20(17-27(22)21-9-5-2-6-10-21)24(30)26-13-11-19(12-14-26)23(29)25-16-18-7-3-1-4-8-18/h1-10,19-20H,11-17H2,(H,25,29)/t20-/m0/s1. The van der Waals surface area contributed by atoms with E-state index in [2.05, 4.69) is 5.32 Å². The van der Waals surface area contributed by atoms with Gasteiger partial charge in [-0.25, -0.2) is 0 Å². The number of hydrogen-bond donors (Lipinski definition) is 1. The van der Waals surface area contributed by atoms with E-state index in [0.717, 1.165) is 11.3 Å². The summed E-state index contributed by atoms with van der Waals surface area (Å²) in [6, 6.07) is 19.3. The van der Waals surface area contributed by atoms with Crippen molar-refractivity contribution in [2.45, 2.75) is 25.8 Å². The van der Waals surface area contributed by atoms with Crippen LogP contribution in [0.5, 0.6) is 0 Å². The highest BCUT2D eigenvalue weighted by atomic mass is 16.2. The molecule has 0 radical (unpaired) electrons. The van der Waals surface area contributed by atoms with Gasteiger partial charge in [0.2, 0.25) is 17.7 Å². The fourth-order valence-electron chi connectivity index (χ4n) is 4.28. The van der Waals surface area contributed by atoms with Crippen molar-refractivity contribution >= 4 is 23.4 Å². The van der Waals surface area contributed by atoms with E-state index >= 15 is 0 Å². The second-order valence-electron chi connectivity index (χ2n) is 8.04. The molecule has 2 fully saturated rings. The molecule has 0 aliphatic carbocycles. The van der Waals surface area contributed by atoms with Crippen molar-refractivity contribution < 1.29 is 14.4 Å². The van der Waals surface area contributed by atoms with E-state index in [9.17, 15) is 14.4 Å². The van der Waals surface area contributed by atoms with Crippen LogP contribution in [0.1, 0.15) is 24.8 Å². The summed E-state index contributed by atoms with van der Waals surface area (Å²) in [5.41, 5.74) is 1.92. The minimum Gasteiger partial charge on any atom is -0.352 e. The summed E-state index contributed by atoms with van der Waals surface area (Å²) in [7, 11) is 0. The molecule has 0 unspecified atom stereocenters. The molecule has 0 saturated carbocycles. The molecule has 1 atom stereocenters. The molecule has 2 aliphatic heterocycles. The van der Waals surface area contributed by atoms with Gasteiger partial charge in [0.25, 0.3) is 0 Å². The Bertz CT molecular complexity index is 892. The van der Waals surface area contributed by atoms with Gasteiger partial charge in [-0.1, -0.05) is 48.5 Å². The lowest BCUT2D eigenvalue weighted by Crippen LogP contribution is -2.45. The van der Waals surface area contributed by atoms with E-state index in [0.29, 0.717) is 39.0 Å². The van der Waals surface area contributed by atoms with Crippen LogP contribution in [0, 0.1) is 11.8 Å². The van der Waals surface area contributed by atoms with E-state index in [1.54, 1.807) is 4.90 Å². The van der Waals surface area contributed by atoms with Crippen LogP contribution >= 0.6 is 0 Å². The summed E-state index contributed by atoms with van der Waals surface area (Å²) in [6.45, 7) is 2.09. The lowest BCUT2D eigenvalue weighted by atomic mass is 9.94. The lowest BCUT2D eigenvalue weighted by molar-refractivity contribution is -0.139. The molecule has 3 amide bonds. The first-order valence-electron chi connectivity index (χ1n) is 10.6. The summed E-state index contributed by atoms with van der Waals surface area (Å²) >= 11 is 0. The summed E-state index contributed by atoms with van der Waals surface area (Å²) < 4.78 is 0. The number of likely N-dealkylation sites (tertiary alicyclic amines) is 1. The first-order chi connectivity index (χ1) is 14.6. The molecule has 4 rings (SSSR count). The zero-order valence-corrected chi connectivity index (χ0v) is 17.0. The smallest absolute Gasteiger partial charge is 0.228 e. The number of anilines is 1. The van der Waals surface area contributed by atoms with Gasteiger partial charge in [-0.2, -0.15) is 0 Å². The molecule has 6 heteroatoms. The van der Waals surface area contributed by atoms with Crippen LogP contribution < -0.4 is 10.2 Å². The van der Waals surface area contributed by atoms with Gasteiger partial charge in [0.15, 0.2) is 0 Å². The maximum absolute atomic E-state index is 13.0. The number of nitrogens with one attached hydrogen (secondary N) is 1.